The number of methoxy groups -OCH3 is 1. The Morgan fingerprint density at radius 2 is 1.92 bits per heavy atom. The third kappa shape index (κ3) is 5.68. The van der Waals surface area contributed by atoms with E-state index < -0.39 is 6.61 Å². The largest absolute Gasteiger partial charge is 0.493 e. The lowest BCUT2D eigenvalue weighted by Gasteiger charge is -2.12. The molecular weight excluding hydrogens is 348 g/mol. The van der Waals surface area contributed by atoms with Gasteiger partial charge in [-0.2, -0.15) is 13.9 Å². The molecule has 0 unspecified atom stereocenters. The number of aryl methyl sites for hydroxylation is 1. The van der Waals surface area contributed by atoms with Crippen LogP contribution in [0.25, 0.3) is 0 Å². The first-order valence-electron chi connectivity index (χ1n) is 7.28. The van der Waals surface area contributed by atoms with Crippen molar-refractivity contribution >= 4 is 29.2 Å². The molecule has 0 aliphatic rings. The summed E-state index contributed by atoms with van der Waals surface area (Å²) in [6, 6.07) is 12.4. The van der Waals surface area contributed by atoms with Crippen LogP contribution in [0.5, 0.6) is 11.5 Å². The van der Waals surface area contributed by atoms with E-state index in [1.54, 1.807) is 12.1 Å². The number of nitrogens with one attached hydrogen (secondary N) is 2. The Balaban J connectivity index is 2.03. The van der Waals surface area contributed by atoms with E-state index in [4.69, 9.17) is 17.0 Å². The Morgan fingerprint density at radius 3 is 2.56 bits per heavy atom. The zero-order valence-corrected chi connectivity index (χ0v) is 14.4. The van der Waals surface area contributed by atoms with E-state index in [1.165, 1.54) is 19.4 Å². The van der Waals surface area contributed by atoms with Crippen LogP contribution in [0.1, 0.15) is 11.1 Å². The lowest BCUT2D eigenvalue weighted by atomic mass is 10.2. The maximum atomic E-state index is 12.6. The van der Waals surface area contributed by atoms with Crippen LogP contribution in [-0.2, 0) is 0 Å². The monoisotopic (exact) mass is 365 g/mol. The molecule has 132 valence electrons. The van der Waals surface area contributed by atoms with Crippen LogP contribution in [0.4, 0.5) is 14.5 Å². The molecule has 0 amide bonds. The molecule has 0 atom stereocenters. The first kappa shape index (κ1) is 18.6. The number of alkyl halides is 2. The summed E-state index contributed by atoms with van der Waals surface area (Å²) in [6.07, 6.45) is 1.32. The number of benzene rings is 2. The van der Waals surface area contributed by atoms with Gasteiger partial charge < -0.3 is 14.8 Å². The van der Waals surface area contributed by atoms with E-state index in [0.29, 0.717) is 5.56 Å². The number of ether oxygens (including phenoxy) is 2. The topological polar surface area (TPSA) is 54.9 Å². The number of anilines is 1. The van der Waals surface area contributed by atoms with Gasteiger partial charge in [0.05, 0.1) is 13.3 Å². The van der Waals surface area contributed by atoms with Crippen LogP contribution in [0, 0.1) is 6.92 Å². The minimum Gasteiger partial charge on any atom is -0.493 e. The molecule has 2 aromatic carbocycles. The minimum absolute atomic E-state index is 0.0945. The Bertz CT molecular complexity index is 752. The van der Waals surface area contributed by atoms with Gasteiger partial charge in [-0.3, -0.25) is 5.43 Å². The summed E-state index contributed by atoms with van der Waals surface area (Å²) in [5, 5.41) is 7.16. The van der Waals surface area contributed by atoms with Gasteiger partial charge in [0.2, 0.25) is 0 Å². The van der Waals surface area contributed by atoms with Gasteiger partial charge in [0.25, 0.3) is 0 Å². The lowest BCUT2D eigenvalue weighted by molar-refractivity contribution is -0.0513. The highest BCUT2D eigenvalue weighted by Gasteiger charge is 2.14. The number of thiocarbonyl (C=S) groups is 1. The number of halogens is 2. The van der Waals surface area contributed by atoms with Crippen LogP contribution in [0.2, 0.25) is 0 Å². The van der Waals surface area contributed by atoms with Crippen LogP contribution in [0.15, 0.2) is 47.6 Å². The number of rotatable bonds is 6. The van der Waals surface area contributed by atoms with Crippen LogP contribution < -0.4 is 20.2 Å². The van der Waals surface area contributed by atoms with Crippen molar-refractivity contribution in [3.63, 3.8) is 0 Å². The summed E-state index contributed by atoms with van der Waals surface area (Å²) in [7, 11) is 1.37. The minimum atomic E-state index is -2.97. The van der Waals surface area contributed by atoms with Gasteiger partial charge in [-0.1, -0.05) is 23.8 Å². The quantitative estimate of drug-likeness (QED) is 0.462. The standard InChI is InChI=1S/C17H17F2N3O2S/c1-11-6-8-13(9-7-11)21-17(25)22-20-10-12-4-3-5-14(23-2)15(12)24-16(18)19/h3-10,16H,1-2H3,(H2,21,22,25)/b20-10-. The van der Waals surface area contributed by atoms with Gasteiger partial charge in [0, 0.05) is 11.3 Å². The van der Waals surface area contributed by atoms with Gasteiger partial charge >= 0.3 is 6.61 Å². The highest BCUT2D eigenvalue weighted by Crippen LogP contribution is 2.31. The summed E-state index contributed by atoms with van der Waals surface area (Å²) in [6.45, 7) is -0.988. The average Bonchev–Trinajstić information content (AvgIpc) is 2.58. The summed E-state index contributed by atoms with van der Waals surface area (Å²) in [4.78, 5) is 0. The Labute approximate surface area is 149 Å². The van der Waals surface area contributed by atoms with Crippen molar-refractivity contribution in [2.75, 3.05) is 12.4 Å². The summed E-state index contributed by atoms with van der Waals surface area (Å²) in [5.41, 5.74) is 4.88. The highest BCUT2D eigenvalue weighted by atomic mass is 32.1. The molecule has 8 heteroatoms. The normalized spacial score (nSPS) is 10.8. The summed E-state index contributed by atoms with van der Waals surface area (Å²) < 4.78 is 34.7. The molecule has 0 saturated heterocycles. The molecule has 0 bridgehead atoms. The fourth-order valence-corrected chi connectivity index (χ4v) is 2.14. The molecule has 0 aliphatic heterocycles. The van der Waals surface area contributed by atoms with Gasteiger partial charge in [0.1, 0.15) is 0 Å². The fourth-order valence-electron chi connectivity index (χ4n) is 1.97. The van der Waals surface area contributed by atoms with Crippen molar-refractivity contribution < 1.29 is 18.3 Å². The average molecular weight is 365 g/mol. The van der Waals surface area contributed by atoms with Crippen molar-refractivity contribution in [2.24, 2.45) is 5.10 Å². The Morgan fingerprint density at radius 1 is 1.20 bits per heavy atom. The Hall–Kier alpha value is -2.74. The SMILES string of the molecule is COc1cccc(/C=N\NC(=S)Nc2ccc(C)cc2)c1OC(F)F. The second kappa shape index (κ2) is 8.93. The lowest BCUT2D eigenvalue weighted by Crippen LogP contribution is -2.23. The van der Waals surface area contributed by atoms with Crippen molar-refractivity contribution in [1.29, 1.82) is 0 Å². The molecule has 25 heavy (non-hydrogen) atoms. The number of hydrogen-bond acceptors (Lipinski definition) is 4. The molecule has 0 aromatic heterocycles. The molecule has 0 heterocycles. The van der Waals surface area contributed by atoms with Gasteiger partial charge in [-0.25, -0.2) is 0 Å². The third-order valence-corrected chi connectivity index (χ3v) is 3.31. The van der Waals surface area contributed by atoms with Crippen molar-refractivity contribution in [1.82, 2.24) is 5.43 Å². The van der Waals surface area contributed by atoms with Crippen molar-refractivity contribution in [2.45, 2.75) is 13.5 Å². The first-order valence-corrected chi connectivity index (χ1v) is 7.69. The van der Waals surface area contributed by atoms with Gasteiger partial charge in [0.15, 0.2) is 16.6 Å². The molecule has 0 fully saturated rings. The zero-order valence-electron chi connectivity index (χ0n) is 13.6. The van der Waals surface area contributed by atoms with E-state index in [2.05, 4.69) is 20.6 Å². The summed E-state index contributed by atoms with van der Waals surface area (Å²) in [5.74, 6) is 0.0903. The van der Waals surface area contributed by atoms with E-state index in [0.717, 1.165) is 11.3 Å². The first-order chi connectivity index (χ1) is 12.0. The molecule has 0 radical (unpaired) electrons. The fraction of sp³-hybridized carbons (Fsp3) is 0.176. The van der Waals surface area contributed by atoms with Crippen molar-refractivity contribution in [3.05, 3.63) is 53.6 Å². The molecule has 0 aliphatic carbocycles. The van der Waals surface area contributed by atoms with E-state index in [-0.39, 0.29) is 16.6 Å². The predicted molar refractivity (Wildman–Crippen MR) is 97.8 cm³/mol. The van der Waals surface area contributed by atoms with E-state index in [1.807, 2.05) is 31.2 Å². The molecular formula is C17H17F2N3O2S. The maximum Gasteiger partial charge on any atom is 0.387 e. The maximum absolute atomic E-state index is 12.6. The third-order valence-electron chi connectivity index (χ3n) is 3.12. The van der Waals surface area contributed by atoms with Crippen molar-refractivity contribution in [3.8, 4) is 11.5 Å². The van der Waals surface area contributed by atoms with Crippen LogP contribution >= 0.6 is 12.2 Å². The zero-order chi connectivity index (χ0) is 18.2. The summed E-state index contributed by atoms with van der Waals surface area (Å²) >= 11 is 5.12. The van der Waals surface area contributed by atoms with E-state index >= 15 is 0 Å². The van der Waals surface area contributed by atoms with Gasteiger partial charge in [-0.15, -0.1) is 0 Å². The highest BCUT2D eigenvalue weighted by molar-refractivity contribution is 7.80. The number of nitrogens with zero attached hydrogens (tertiary/aromatic N) is 1. The molecule has 2 rings (SSSR count). The number of para-hydroxylation sites is 1. The Kier molecular flexibility index (Phi) is 6.64. The molecule has 2 aromatic rings. The molecule has 0 spiro atoms. The predicted octanol–water partition coefficient (Wildman–Crippen LogP) is 3.93. The smallest absolute Gasteiger partial charge is 0.387 e. The van der Waals surface area contributed by atoms with Gasteiger partial charge in [-0.05, 0) is 43.4 Å². The van der Waals surface area contributed by atoms with Crippen LogP contribution in [0.3, 0.4) is 0 Å². The molecule has 2 N–H and O–H groups in total. The molecule has 5 nitrogen and oxygen atoms in total. The number of hydrogen-bond donors (Lipinski definition) is 2. The second-order valence-electron chi connectivity index (χ2n) is 4.95. The van der Waals surface area contributed by atoms with Crippen LogP contribution in [-0.4, -0.2) is 25.0 Å². The van der Waals surface area contributed by atoms with E-state index in [9.17, 15) is 8.78 Å². The molecule has 0 saturated carbocycles. The second-order valence-corrected chi connectivity index (χ2v) is 5.36. The number of hydrazone groups is 1.